The van der Waals surface area contributed by atoms with E-state index >= 15 is 0 Å². The molecular weight excluding hydrogens is 273 g/mol. The molecule has 0 saturated carbocycles. The van der Waals surface area contributed by atoms with E-state index in [2.05, 4.69) is 5.32 Å². The van der Waals surface area contributed by atoms with Gasteiger partial charge < -0.3 is 10.1 Å². The lowest BCUT2D eigenvalue weighted by atomic mass is 10.0. The van der Waals surface area contributed by atoms with Gasteiger partial charge in [0.2, 0.25) is 0 Å². The molecular formula is C13H13F3N2O2. The molecule has 1 N–H and O–H groups in total. The molecule has 0 aromatic heterocycles. The van der Waals surface area contributed by atoms with Crippen molar-refractivity contribution in [3.63, 3.8) is 0 Å². The standard InChI is InChI=1S/C13H13F3N2O2/c14-13(15,16)9-2-1-3-10(6-9)18-8-12(20-11(18)19)4-5-17-7-12/h1-3,6,17H,4-5,7-8H2. The van der Waals surface area contributed by atoms with Crippen LogP contribution in [0.5, 0.6) is 0 Å². The smallest absolute Gasteiger partial charge is 0.416 e. The lowest BCUT2D eigenvalue weighted by Crippen LogP contribution is -2.36. The summed E-state index contributed by atoms with van der Waals surface area (Å²) in [6.07, 6.45) is -4.34. The molecule has 108 valence electrons. The van der Waals surface area contributed by atoms with Crippen molar-refractivity contribution in [3.8, 4) is 0 Å². The van der Waals surface area contributed by atoms with E-state index in [1.807, 2.05) is 0 Å². The van der Waals surface area contributed by atoms with E-state index in [1.165, 1.54) is 17.0 Å². The number of nitrogens with one attached hydrogen (secondary N) is 1. The van der Waals surface area contributed by atoms with Crippen LogP contribution in [0.1, 0.15) is 12.0 Å². The van der Waals surface area contributed by atoms with Gasteiger partial charge in [-0.25, -0.2) is 4.79 Å². The summed E-state index contributed by atoms with van der Waals surface area (Å²) in [5.74, 6) is 0. The summed E-state index contributed by atoms with van der Waals surface area (Å²) in [7, 11) is 0. The van der Waals surface area contributed by atoms with Crippen LogP contribution in [0.4, 0.5) is 23.7 Å². The van der Waals surface area contributed by atoms with Crippen molar-refractivity contribution < 1.29 is 22.7 Å². The second-order valence-electron chi connectivity index (χ2n) is 5.11. The fourth-order valence-electron chi connectivity index (χ4n) is 2.61. The van der Waals surface area contributed by atoms with Crippen molar-refractivity contribution in [1.82, 2.24) is 5.32 Å². The van der Waals surface area contributed by atoms with Crippen molar-refractivity contribution in [2.45, 2.75) is 18.2 Å². The van der Waals surface area contributed by atoms with Gasteiger partial charge in [0, 0.05) is 18.7 Å². The Morgan fingerprint density at radius 1 is 1.35 bits per heavy atom. The summed E-state index contributed by atoms with van der Waals surface area (Å²) in [6.45, 7) is 1.55. The Labute approximate surface area is 113 Å². The molecule has 1 unspecified atom stereocenters. The van der Waals surface area contributed by atoms with Crippen LogP contribution in [0.15, 0.2) is 24.3 Å². The zero-order chi connectivity index (χ0) is 14.4. The highest BCUT2D eigenvalue weighted by Crippen LogP contribution is 2.35. The van der Waals surface area contributed by atoms with Crippen molar-refractivity contribution >= 4 is 11.8 Å². The number of rotatable bonds is 1. The monoisotopic (exact) mass is 286 g/mol. The van der Waals surface area contributed by atoms with E-state index in [-0.39, 0.29) is 12.2 Å². The summed E-state index contributed by atoms with van der Waals surface area (Å²) >= 11 is 0. The number of carbonyl (C=O) groups excluding carboxylic acids is 1. The summed E-state index contributed by atoms with van der Waals surface area (Å²) in [5, 5.41) is 3.10. The quantitative estimate of drug-likeness (QED) is 0.862. The maximum Gasteiger partial charge on any atom is 0.416 e. The first kappa shape index (κ1) is 13.2. The molecule has 2 fully saturated rings. The average Bonchev–Trinajstić information content (AvgIpc) is 2.96. The molecule has 0 radical (unpaired) electrons. The van der Waals surface area contributed by atoms with Crippen LogP contribution in [0.3, 0.4) is 0 Å². The van der Waals surface area contributed by atoms with Crippen LogP contribution in [0, 0.1) is 0 Å². The maximum absolute atomic E-state index is 12.7. The number of amides is 1. The summed E-state index contributed by atoms with van der Waals surface area (Å²) < 4.78 is 43.5. The fourth-order valence-corrected chi connectivity index (χ4v) is 2.61. The van der Waals surface area contributed by atoms with Crippen molar-refractivity contribution in [2.75, 3.05) is 24.5 Å². The highest BCUT2D eigenvalue weighted by Gasteiger charge is 2.47. The predicted molar refractivity (Wildman–Crippen MR) is 65.5 cm³/mol. The third-order valence-electron chi connectivity index (χ3n) is 3.66. The van der Waals surface area contributed by atoms with Crippen molar-refractivity contribution in [1.29, 1.82) is 0 Å². The SMILES string of the molecule is O=C1OC2(CCNC2)CN1c1cccc(C(F)(F)F)c1. The van der Waals surface area contributed by atoms with Gasteiger partial charge in [0.1, 0.15) is 5.60 Å². The van der Waals surface area contributed by atoms with Crippen LogP contribution >= 0.6 is 0 Å². The zero-order valence-electron chi connectivity index (χ0n) is 10.5. The lowest BCUT2D eigenvalue weighted by Gasteiger charge is -2.19. The van der Waals surface area contributed by atoms with Crippen LogP contribution in [0.2, 0.25) is 0 Å². The predicted octanol–water partition coefficient (Wildman–Crippen LogP) is 2.39. The van der Waals surface area contributed by atoms with Gasteiger partial charge in [-0.1, -0.05) is 6.07 Å². The Hall–Kier alpha value is -1.76. The Kier molecular flexibility index (Phi) is 2.89. The number of halogens is 3. The van der Waals surface area contributed by atoms with E-state index in [4.69, 9.17) is 4.74 Å². The molecule has 2 heterocycles. The minimum absolute atomic E-state index is 0.216. The topological polar surface area (TPSA) is 41.6 Å². The molecule has 7 heteroatoms. The first-order valence-electron chi connectivity index (χ1n) is 6.28. The minimum Gasteiger partial charge on any atom is -0.439 e. The van der Waals surface area contributed by atoms with Gasteiger partial charge >= 0.3 is 12.3 Å². The van der Waals surface area contributed by atoms with Gasteiger partial charge in [0.15, 0.2) is 0 Å². The van der Waals surface area contributed by atoms with Crippen LogP contribution in [0.25, 0.3) is 0 Å². The number of ether oxygens (including phenoxy) is 1. The van der Waals surface area contributed by atoms with Gasteiger partial charge in [-0.15, -0.1) is 0 Å². The molecule has 1 aromatic rings. The number of hydrogen-bond acceptors (Lipinski definition) is 3. The van der Waals surface area contributed by atoms with E-state index in [0.29, 0.717) is 13.0 Å². The first-order valence-corrected chi connectivity index (χ1v) is 6.28. The molecule has 1 atom stereocenters. The Bertz CT molecular complexity index is 539. The highest BCUT2D eigenvalue weighted by molar-refractivity contribution is 5.90. The zero-order valence-corrected chi connectivity index (χ0v) is 10.5. The van der Waals surface area contributed by atoms with E-state index < -0.39 is 23.4 Å². The first-order chi connectivity index (χ1) is 9.40. The molecule has 20 heavy (non-hydrogen) atoms. The van der Waals surface area contributed by atoms with E-state index in [9.17, 15) is 18.0 Å². The molecule has 0 bridgehead atoms. The largest absolute Gasteiger partial charge is 0.439 e. The van der Waals surface area contributed by atoms with Gasteiger partial charge in [0.05, 0.1) is 12.1 Å². The number of benzene rings is 1. The fraction of sp³-hybridized carbons (Fsp3) is 0.462. The van der Waals surface area contributed by atoms with Crippen molar-refractivity contribution in [3.05, 3.63) is 29.8 Å². The molecule has 4 nitrogen and oxygen atoms in total. The molecule has 2 aliphatic rings. The highest BCUT2D eigenvalue weighted by atomic mass is 19.4. The second-order valence-corrected chi connectivity index (χ2v) is 5.11. The van der Waals surface area contributed by atoms with Gasteiger partial charge in [-0.2, -0.15) is 13.2 Å². The Morgan fingerprint density at radius 2 is 2.15 bits per heavy atom. The third kappa shape index (κ3) is 2.22. The lowest BCUT2D eigenvalue weighted by molar-refractivity contribution is -0.137. The van der Waals surface area contributed by atoms with Gasteiger partial charge in [0.25, 0.3) is 0 Å². The maximum atomic E-state index is 12.7. The molecule has 1 spiro atoms. The summed E-state index contributed by atoms with van der Waals surface area (Å²) in [4.78, 5) is 13.2. The van der Waals surface area contributed by atoms with Crippen molar-refractivity contribution in [2.24, 2.45) is 0 Å². The number of carbonyl (C=O) groups is 1. The molecule has 2 aliphatic heterocycles. The number of nitrogens with zero attached hydrogens (tertiary/aromatic N) is 1. The number of alkyl halides is 3. The van der Waals surface area contributed by atoms with Crippen LogP contribution < -0.4 is 10.2 Å². The van der Waals surface area contributed by atoms with Crippen LogP contribution in [-0.2, 0) is 10.9 Å². The second kappa shape index (κ2) is 4.37. The number of hydrogen-bond donors (Lipinski definition) is 1. The minimum atomic E-state index is -4.42. The number of anilines is 1. The molecule has 2 saturated heterocycles. The third-order valence-corrected chi connectivity index (χ3v) is 3.66. The molecule has 1 aromatic carbocycles. The van der Waals surface area contributed by atoms with Gasteiger partial charge in [-0.05, 0) is 24.7 Å². The van der Waals surface area contributed by atoms with Gasteiger partial charge in [-0.3, -0.25) is 4.90 Å². The average molecular weight is 286 g/mol. The van der Waals surface area contributed by atoms with Crippen LogP contribution in [-0.4, -0.2) is 31.3 Å². The molecule has 1 amide bonds. The Balaban J connectivity index is 1.88. The normalized spacial score (nSPS) is 26.4. The van der Waals surface area contributed by atoms with E-state index in [1.54, 1.807) is 0 Å². The Morgan fingerprint density at radius 3 is 2.80 bits per heavy atom. The molecule has 3 rings (SSSR count). The van der Waals surface area contributed by atoms with E-state index in [0.717, 1.165) is 18.7 Å². The summed E-state index contributed by atoms with van der Waals surface area (Å²) in [6, 6.07) is 4.74. The summed E-state index contributed by atoms with van der Waals surface area (Å²) in [5.41, 5.74) is -1.16. The molecule has 0 aliphatic carbocycles.